The number of nitrogens with one attached hydrogen (secondary N) is 1. The van der Waals surface area contributed by atoms with Crippen molar-refractivity contribution in [2.24, 2.45) is 0 Å². The molecule has 1 amide bonds. The van der Waals surface area contributed by atoms with Gasteiger partial charge in [-0.15, -0.1) is 5.10 Å². The summed E-state index contributed by atoms with van der Waals surface area (Å²) in [5.74, 6) is -1.11. The zero-order chi connectivity index (χ0) is 27.6. The molecule has 1 N–H and O–H groups in total. The monoisotopic (exact) mass is 528 g/mol. The van der Waals surface area contributed by atoms with Crippen LogP contribution in [0, 0.1) is 0 Å². The van der Waals surface area contributed by atoms with Gasteiger partial charge >= 0.3 is 17.6 Å². The third kappa shape index (κ3) is 5.65. The first-order valence-electron chi connectivity index (χ1n) is 12.5. The molecule has 1 aliphatic rings. The van der Waals surface area contributed by atoms with Crippen LogP contribution in [0.3, 0.4) is 0 Å². The first kappa shape index (κ1) is 26.1. The molecule has 1 heterocycles. The number of ether oxygens (including phenoxy) is 2. The predicted octanol–water partition coefficient (Wildman–Crippen LogP) is 3.47. The van der Waals surface area contributed by atoms with E-state index in [1.807, 2.05) is 69.3 Å². The summed E-state index contributed by atoms with van der Waals surface area (Å²) in [4.78, 5) is 44.3. The quantitative estimate of drug-likeness (QED) is 0.362. The van der Waals surface area contributed by atoms with E-state index in [-0.39, 0.29) is 24.5 Å². The third-order valence-corrected chi connectivity index (χ3v) is 6.32. The van der Waals surface area contributed by atoms with Gasteiger partial charge in [0.25, 0.3) is 0 Å². The zero-order valence-corrected chi connectivity index (χ0v) is 21.8. The van der Waals surface area contributed by atoms with Gasteiger partial charge in [-0.05, 0) is 65.2 Å². The lowest BCUT2D eigenvalue weighted by atomic mass is 9.98. The Bertz CT molecular complexity index is 1550. The number of nitrogens with zero attached hydrogens (tertiary/aromatic N) is 3. The van der Waals surface area contributed by atoms with E-state index < -0.39 is 29.3 Å². The SMILES string of the molecule is CC(C)(C)OCC(NC(=O)OCC1c2ccccc2-c2ccccc21)C(=O)On1nnc2ccccc2c1=O. The number of hydrogen-bond donors (Lipinski definition) is 1. The molecule has 1 atom stereocenters. The maximum Gasteiger partial charge on any atom is 0.407 e. The second kappa shape index (κ2) is 10.7. The van der Waals surface area contributed by atoms with Crippen LogP contribution in [0.1, 0.15) is 37.8 Å². The Hall–Kier alpha value is -4.57. The van der Waals surface area contributed by atoms with Crippen LogP contribution in [0.15, 0.2) is 77.6 Å². The van der Waals surface area contributed by atoms with Crippen LogP contribution in [0.5, 0.6) is 0 Å². The Labute approximate surface area is 224 Å². The van der Waals surface area contributed by atoms with Gasteiger partial charge in [0.05, 0.1) is 17.6 Å². The summed E-state index contributed by atoms with van der Waals surface area (Å²) < 4.78 is 11.3. The van der Waals surface area contributed by atoms with Crippen LogP contribution < -0.4 is 15.7 Å². The molecule has 0 radical (unpaired) electrons. The van der Waals surface area contributed by atoms with Gasteiger partial charge in [-0.1, -0.05) is 60.7 Å². The largest absolute Gasteiger partial charge is 0.449 e. The highest BCUT2D eigenvalue weighted by Gasteiger charge is 2.31. The predicted molar refractivity (Wildman–Crippen MR) is 143 cm³/mol. The van der Waals surface area contributed by atoms with Crippen LogP contribution in [0.25, 0.3) is 22.0 Å². The highest BCUT2D eigenvalue weighted by molar-refractivity contribution is 5.82. The minimum absolute atomic E-state index is 0.0668. The molecular formula is C29H28N4O6. The number of benzene rings is 3. The van der Waals surface area contributed by atoms with E-state index in [0.717, 1.165) is 22.3 Å². The summed E-state index contributed by atoms with van der Waals surface area (Å²) in [5, 5.41) is 10.3. The van der Waals surface area contributed by atoms with E-state index in [2.05, 4.69) is 15.6 Å². The van der Waals surface area contributed by atoms with E-state index in [4.69, 9.17) is 14.3 Å². The fourth-order valence-corrected chi connectivity index (χ4v) is 4.47. The summed E-state index contributed by atoms with van der Waals surface area (Å²) >= 11 is 0. The number of fused-ring (bicyclic) bond motifs is 4. The maximum atomic E-state index is 13.0. The molecule has 0 saturated carbocycles. The van der Waals surface area contributed by atoms with Gasteiger partial charge < -0.3 is 19.6 Å². The molecule has 10 heteroatoms. The Morgan fingerprint density at radius 1 is 0.949 bits per heavy atom. The van der Waals surface area contributed by atoms with Gasteiger partial charge in [-0.2, -0.15) is 0 Å². The van der Waals surface area contributed by atoms with E-state index in [9.17, 15) is 14.4 Å². The number of hydrogen-bond acceptors (Lipinski definition) is 8. The van der Waals surface area contributed by atoms with Crippen molar-refractivity contribution in [3.05, 3.63) is 94.3 Å². The van der Waals surface area contributed by atoms with Crippen LogP contribution >= 0.6 is 0 Å². The number of alkyl carbamates (subject to hydrolysis) is 1. The lowest BCUT2D eigenvalue weighted by Crippen LogP contribution is -2.50. The molecule has 3 aromatic carbocycles. The molecule has 10 nitrogen and oxygen atoms in total. The van der Waals surface area contributed by atoms with E-state index in [1.54, 1.807) is 24.3 Å². The zero-order valence-electron chi connectivity index (χ0n) is 21.8. The number of carbonyl (C=O) groups is 2. The average Bonchev–Trinajstić information content (AvgIpc) is 3.24. The third-order valence-electron chi connectivity index (χ3n) is 6.32. The molecular weight excluding hydrogens is 500 g/mol. The molecule has 0 bridgehead atoms. The lowest BCUT2D eigenvalue weighted by Gasteiger charge is -2.24. The molecule has 200 valence electrons. The van der Waals surface area contributed by atoms with Gasteiger partial charge in [0, 0.05) is 5.92 Å². The molecule has 1 aromatic heterocycles. The van der Waals surface area contributed by atoms with Crippen molar-refractivity contribution in [3.8, 4) is 11.1 Å². The van der Waals surface area contributed by atoms with E-state index in [1.165, 1.54) is 0 Å². The molecule has 0 spiro atoms. The van der Waals surface area contributed by atoms with Crippen LogP contribution in [-0.4, -0.2) is 52.1 Å². The van der Waals surface area contributed by atoms with Gasteiger partial charge in [-0.25, -0.2) is 9.59 Å². The lowest BCUT2D eigenvalue weighted by molar-refractivity contribution is -0.152. The number of amides is 1. The van der Waals surface area contributed by atoms with Gasteiger partial charge in [0.1, 0.15) is 12.1 Å². The summed E-state index contributed by atoms with van der Waals surface area (Å²) in [7, 11) is 0. The number of carbonyl (C=O) groups excluding carboxylic acids is 2. The smallest absolute Gasteiger partial charge is 0.407 e. The molecule has 0 fully saturated rings. The fraction of sp³-hybridized carbons (Fsp3) is 0.276. The minimum Gasteiger partial charge on any atom is -0.449 e. The molecule has 1 unspecified atom stereocenters. The second-order valence-electron chi connectivity index (χ2n) is 10.1. The van der Waals surface area contributed by atoms with Crippen LogP contribution in [-0.2, 0) is 14.3 Å². The molecule has 0 saturated heterocycles. The van der Waals surface area contributed by atoms with Crippen molar-refractivity contribution in [2.45, 2.75) is 38.3 Å². The summed E-state index contributed by atoms with van der Waals surface area (Å²) in [6.07, 6.45) is -0.826. The maximum absolute atomic E-state index is 13.0. The van der Waals surface area contributed by atoms with Gasteiger partial charge in [0.15, 0.2) is 6.04 Å². The summed E-state index contributed by atoms with van der Waals surface area (Å²) in [6, 6.07) is 21.2. The van der Waals surface area contributed by atoms with Crippen molar-refractivity contribution in [1.82, 2.24) is 20.5 Å². The van der Waals surface area contributed by atoms with Gasteiger partial charge in [0.2, 0.25) is 0 Å². The Kier molecular flexibility index (Phi) is 7.12. The highest BCUT2D eigenvalue weighted by atomic mass is 16.7. The van der Waals surface area contributed by atoms with Crippen molar-refractivity contribution < 1.29 is 23.9 Å². The Morgan fingerprint density at radius 2 is 1.56 bits per heavy atom. The van der Waals surface area contributed by atoms with Crippen molar-refractivity contribution in [2.75, 3.05) is 13.2 Å². The first-order chi connectivity index (χ1) is 18.7. The van der Waals surface area contributed by atoms with E-state index in [0.29, 0.717) is 10.4 Å². The normalized spacial score (nSPS) is 13.4. The number of rotatable bonds is 7. The minimum atomic E-state index is -1.28. The molecule has 0 aliphatic heterocycles. The molecule has 39 heavy (non-hydrogen) atoms. The Morgan fingerprint density at radius 3 is 2.23 bits per heavy atom. The first-order valence-corrected chi connectivity index (χ1v) is 12.5. The Balaban J connectivity index is 1.30. The average molecular weight is 529 g/mol. The van der Waals surface area contributed by atoms with Crippen LogP contribution in [0.2, 0.25) is 0 Å². The molecule has 5 rings (SSSR count). The molecule has 1 aliphatic carbocycles. The van der Waals surface area contributed by atoms with Crippen molar-refractivity contribution in [1.29, 1.82) is 0 Å². The summed E-state index contributed by atoms with van der Waals surface area (Å²) in [6.45, 7) is 5.27. The number of aromatic nitrogens is 3. The standard InChI is InChI=1S/C29H28N4O6/c1-29(2,3)38-17-25(27(35)39-33-26(34)22-14-8-9-15-24(22)31-32-33)30-28(36)37-16-23-20-12-6-4-10-18(20)19-11-5-7-13-21(19)23/h4-15,23,25H,16-17H2,1-3H3,(H,30,36). The van der Waals surface area contributed by atoms with E-state index >= 15 is 0 Å². The topological polar surface area (TPSA) is 122 Å². The van der Waals surface area contributed by atoms with Gasteiger partial charge in [-0.3, -0.25) is 4.79 Å². The van der Waals surface area contributed by atoms with Crippen molar-refractivity contribution >= 4 is 23.0 Å². The summed E-state index contributed by atoms with van der Waals surface area (Å²) in [5.41, 5.74) is 3.42. The highest BCUT2D eigenvalue weighted by Crippen LogP contribution is 2.44. The molecule has 4 aromatic rings. The van der Waals surface area contributed by atoms with Crippen molar-refractivity contribution in [3.63, 3.8) is 0 Å². The van der Waals surface area contributed by atoms with Crippen LogP contribution in [0.4, 0.5) is 4.79 Å². The fourth-order valence-electron chi connectivity index (χ4n) is 4.47. The second-order valence-corrected chi connectivity index (χ2v) is 10.1.